The summed E-state index contributed by atoms with van der Waals surface area (Å²) in [4.78, 5) is 26.0. The number of nitrogens with one attached hydrogen (secondary N) is 1. The Labute approximate surface area is 157 Å². The summed E-state index contributed by atoms with van der Waals surface area (Å²) >= 11 is 0. The third kappa shape index (κ3) is 3.84. The number of hydrogen-bond donors (Lipinski definition) is 1. The minimum absolute atomic E-state index is 0.0957. The average Bonchev–Trinajstić information content (AvgIpc) is 2.70. The predicted octanol–water partition coefficient (Wildman–Crippen LogP) is 0.848. The highest BCUT2D eigenvalue weighted by atomic mass is 16.2. The van der Waals surface area contributed by atoms with Gasteiger partial charge in [0.05, 0.1) is 5.69 Å². The minimum atomic E-state index is -0.238. The maximum atomic E-state index is 12.4. The summed E-state index contributed by atoms with van der Waals surface area (Å²) in [7, 11) is 1.54. The molecule has 8 heteroatoms. The number of aryl methyl sites for hydroxylation is 3. The van der Waals surface area contributed by atoms with Crippen LogP contribution in [-0.4, -0.2) is 45.0 Å². The Morgan fingerprint density at radius 1 is 1.15 bits per heavy atom. The van der Waals surface area contributed by atoms with E-state index in [0.717, 1.165) is 50.3 Å². The molecule has 27 heavy (non-hydrogen) atoms. The van der Waals surface area contributed by atoms with Crippen molar-refractivity contribution in [3.63, 3.8) is 0 Å². The van der Waals surface area contributed by atoms with E-state index in [1.165, 1.54) is 42.3 Å². The standard InChI is InChI=1S/C19H24N6O2/c1-24-18(26)7-6-16(23-24)19(27)20-14-8-10-25(11-9-14)17-12-13-4-2-3-5-15(13)21-22-17/h6-7,12,14H,2-5,8-11H2,1H3,(H,20,27). The number of carbonyl (C=O) groups excluding carboxylic acids is 1. The number of anilines is 1. The van der Waals surface area contributed by atoms with Crippen LogP contribution in [0.5, 0.6) is 0 Å². The molecule has 0 aromatic carbocycles. The highest BCUT2D eigenvalue weighted by molar-refractivity contribution is 5.92. The van der Waals surface area contributed by atoms with Crippen molar-refractivity contribution in [1.29, 1.82) is 0 Å². The summed E-state index contributed by atoms with van der Waals surface area (Å²) in [5.41, 5.74) is 2.52. The summed E-state index contributed by atoms with van der Waals surface area (Å²) in [6.07, 6.45) is 6.25. The lowest BCUT2D eigenvalue weighted by atomic mass is 9.96. The van der Waals surface area contributed by atoms with Gasteiger partial charge < -0.3 is 10.2 Å². The molecular weight excluding hydrogens is 344 g/mol. The van der Waals surface area contributed by atoms with Crippen LogP contribution < -0.4 is 15.8 Å². The van der Waals surface area contributed by atoms with Gasteiger partial charge in [-0.05, 0) is 56.2 Å². The van der Waals surface area contributed by atoms with E-state index in [0.29, 0.717) is 0 Å². The molecule has 0 spiro atoms. The zero-order chi connectivity index (χ0) is 18.8. The molecular formula is C19H24N6O2. The smallest absolute Gasteiger partial charge is 0.271 e. The van der Waals surface area contributed by atoms with Crippen molar-refractivity contribution in [1.82, 2.24) is 25.3 Å². The largest absolute Gasteiger partial charge is 0.355 e. The number of fused-ring (bicyclic) bond motifs is 1. The molecule has 4 rings (SSSR count). The summed E-state index contributed by atoms with van der Waals surface area (Å²) in [5.74, 6) is 0.706. The summed E-state index contributed by atoms with van der Waals surface area (Å²) in [6.45, 7) is 1.66. The fourth-order valence-electron chi connectivity index (χ4n) is 3.77. The maximum absolute atomic E-state index is 12.4. The number of nitrogens with zero attached hydrogens (tertiary/aromatic N) is 5. The third-order valence-electron chi connectivity index (χ3n) is 5.40. The molecule has 1 fully saturated rings. The second-order valence-corrected chi connectivity index (χ2v) is 7.30. The van der Waals surface area contributed by atoms with Gasteiger partial charge in [0.1, 0.15) is 5.69 Å². The number of piperidine rings is 1. The Hall–Kier alpha value is -2.77. The molecule has 2 aromatic heterocycles. The normalized spacial score (nSPS) is 17.4. The lowest BCUT2D eigenvalue weighted by Crippen LogP contribution is -2.45. The van der Waals surface area contributed by atoms with Crippen molar-refractivity contribution in [2.75, 3.05) is 18.0 Å². The highest BCUT2D eigenvalue weighted by Gasteiger charge is 2.24. The molecule has 8 nitrogen and oxygen atoms in total. The molecule has 0 bridgehead atoms. The Morgan fingerprint density at radius 2 is 1.93 bits per heavy atom. The molecule has 2 aromatic rings. The van der Waals surface area contributed by atoms with Crippen LogP contribution in [0.25, 0.3) is 0 Å². The van der Waals surface area contributed by atoms with Crippen LogP contribution in [0.2, 0.25) is 0 Å². The van der Waals surface area contributed by atoms with E-state index in [9.17, 15) is 9.59 Å². The molecule has 0 saturated carbocycles. The van der Waals surface area contributed by atoms with Crippen molar-refractivity contribution in [2.45, 2.75) is 44.6 Å². The molecule has 1 N–H and O–H groups in total. The molecule has 0 radical (unpaired) electrons. The van der Waals surface area contributed by atoms with Crippen molar-refractivity contribution in [3.8, 4) is 0 Å². The third-order valence-corrected chi connectivity index (χ3v) is 5.40. The quantitative estimate of drug-likeness (QED) is 0.863. The van der Waals surface area contributed by atoms with Gasteiger partial charge in [0.15, 0.2) is 5.82 Å². The van der Waals surface area contributed by atoms with Gasteiger partial charge in [-0.1, -0.05) is 0 Å². The molecule has 1 aliphatic carbocycles. The average molecular weight is 368 g/mol. The van der Waals surface area contributed by atoms with Gasteiger partial charge in [-0.15, -0.1) is 5.10 Å². The fraction of sp³-hybridized carbons (Fsp3) is 0.526. The van der Waals surface area contributed by atoms with Gasteiger partial charge in [-0.25, -0.2) is 4.68 Å². The van der Waals surface area contributed by atoms with Gasteiger partial charge >= 0.3 is 0 Å². The Bertz CT molecular complexity index is 901. The van der Waals surface area contributed by atoms with E-state index in [4.69, 9.17) is 0 Å². The van der Waals surface area contributed by atoms with Crippen LogP contribution >= 0.6 is 0 Å². The lowest BCUT2D eigenvalue weighted by molar-refractivity contribution is 0.0923. The first-order chi connectivity index (χ1) is 13.1. The second-order valence-electron chi connectivity index (χ2n) is 7.30. The summed E-state index contributed by atoms with van der Waals surface area (Å²) < 4.78 is 1.17. The van der Waals surface area contributed by atoms with Gasteiger partial charge in [0.25, 0.3) is 11.5 Å². The second kappa shape index (κ2) is 7.46. The van der Waals surface area contributed by atoms with E-state index in [2.05, 4.69) is 31.6 Å². The SMILES string of the molecule is Cn1nc(C(=O)NC2CCN(c3cc4c(nn3)CCCC4)CC2)ccc1=O. The molecule has 2 aliphatic rings. The topological polar surface area (TPSA) is 93.0 Å². The Balaban J connectivity index is 1.35. The number of rotatable bonds is 3. The molecule has 142 valence electrons. The number of amides is 1. The zero-order valence-electron chi connectivity index (χ0n) is 15.5. The predicted molar refractivity (Wildman–Crippen MR) is 101 cm³/mol. The first kappa shape index (κ1) is 17.6. The van der Waals surface area contributed by atoms with Crippen LogP contribution in [0.1, 0.15) is 47.4 Å². The van der Waals surface area contributed by atoms with E-state index in [1.807, 2.05) is 0 Å². The highest BCUT2D eigenvalue weighted by Crippen LogP contribution is 2.24. The molecule has 1 saturated heterocycles. The van der Waals surface area contributed by atoms with Crippen molar-refractivity contribution in [3.05, 3.63) is 45.5 Å². The molecule has 1 amide bonds. The number of carbonyl (C=O) groups is 1. The van der Waals surface area contributed by atoms with E-state index in [1.54, 1.807) is 0 Å². The monoisotopic (exact) mass is 368 g/mol. The zero-order valence-corrected chi connectivity index (χ0v) is 15.5. The summed E-state index contributed by atoms with van der Waals surface area (Å²) in [6, 6.07) is 5.11. The Morgan fingerprint density at radius 3 is 2.70 bits per heavy atom. The Kier molecular flexibility index (Phi) is 4.87. The summed E-state index contributed by atoms with van der Waals surface area (Å²) in [5, 5.41) is 15.9. The van der Waals surface area contributed by atoms with Crippen LogP contribution in [-0.2, 0) is 19.9 Å². The fourth-order valence-corrected chi connectivity index (χ4v) is 3.77. The first-order valence-corrected chi connectivity index (χ1v) is 9.56. The number of aromatic nitrogens is 4. The molecule has 3 heterocycles. The van der Waals surface area contributed by atoms with Crippen molar-refractivity contribution in [2.24, 2.45) is 7.05 Å². The van der Waals surface area contributed by atoms with Crippen molar-refractivity contribution < 1.29 is 4.79 Å². The lowest BCUT2D eigenvalue weighted by Gasteiger charge is -2.33. The van der Waals surface area contributed by atoms with Crippen LogP contribution in [0.15, 0.2) is 23.0 Å². The molecule has 1 aliphatic heterocycles. The van der Waals surface area contributed by atoms with E-state index >= 15 is 0 Å². The van der Waals surface area contributed by atoms with Gasteiger partial charge in [0.2, 0.25) is 0 Å². The maximum Gasteiger partial charge on any atom is 0.271 e. The van der Waals surface area contributed by atoms with E-state index < -0.39 is 0 Å². The number of hydrogen-bond acceptors (Lipinski definition) is 6. The van der Waals surface area contributed by atoms with Gasteiger partial charge in [-0.3, -0.25) is 9.59 Å². The molecule has 0 atom stereocenters. The van der Waals surface area contributed by atoms with Crippen LogP contribution in [0.3, 0.4) is 0 Å². The van der Waals surface area contributed by atoms with Gasteiger partial charge in [0, 0.05) is 32.2 Å². The van der Waals surface area contributed by atoms with Gasteiger partial charge in [-0.2, -0.15) is 10.2 Å². The van der Waals surface area contributed by atoms with Crippen LogP contribution in [0, 0.1) is 0 Å². The van der Waals surface area contributed by atoms with Crippen LogP contribution in [0.4, 0.5) is 5.82 Å². The van der Waals surface area contributed by atoms with Crippen molar-refractivity contribution >= 4 is 11.7 Å². The van der Waals surface area contributed by atoms with E-state index in [-0.39, 0.29) is 23.2 Å². The first-order valence-electron chi connectivity index (χ1n) is 9.56. The molecule has 0 unspecified atom stereocenters. The minimum Gasteiger partial charge on any atom is -0.355 e.